The molecule has 1 aromatic rings. The molecule has 1 heterocycles. The Bertz CT molecular complexity index is 628. The normalized spacial score (nSPS) is 14.5. The largest absolute Gasteiger partial charge is 0.361 e. The van der Waals surface area contributed by atoms with E-state index in [0.717, 1.165) is 25.7 Å². The van der Waals surface area contributed by atoms with Gasteiger partial charge < -0.3 is 10.2 Å². The molecule has 120 valence electrons. The minimum Gasteiger partial charge on any atom is -0.361 e. The lowest BCUT2D eigenvalue weighted by Crippen LogP contribution is -2.28. The van der Waals surface area contributed by atoms with Crippen LogP contribution in [0.3, 0.4) is 0 Å². The number of anilines is 2. The Morgan fingerprint density at radius 3 is 2.48 bits per heavy atom. The van der Waals surface area contributed by atoms with Crippen LogP contribution in [-0.4, -0.2) is 34.0 Å². The summed E-state index contributed by atoms with van der Waals surface area (Å²) in [6.45, 7) is -0.317. The number of hydrogen-bond donors (Lipinski definition) is 1. The van der Waals surface area contributed by atoms with E-state index in [1.165, 1.54) is 17.6 Å². The SMILES string of the molecule is N#CCN(CC#N)c1ncnc(NC2CCCCC2)c1[N+](=O)[O-]. The van der Waals surface area contributed by atoms with Crippen molar-refractivity contribution in [2.75, 3.05) is 23.3 Å². The van der Waals surface area contributed by atoms with Crippen molar-refractivity contribution in [2.24, 2.45) is 0 Å². The van der Waals surface area contributed by atoms with E-state index in [9.17, 15) is 10.1 Å². The van der Waals surface area contributed by atoms with E-state index in [-0.39, 0.29) is 36.5 Å². The summed E-state index contributed by atoms with van der Waals surface area (Å²) < 4.78 is 0. The molecule has 0 aromatic carbocycles. The molecule has 2 rings (SSSR count). The summed E-state index contributed by atoms with van der Waals surface area (Å²) >= 11 is 0. The summed E-state index contributed by atoms with van der Waals surface area (Å²) in [5.74, 6) is 0.138. The van der Waals surface area contributed by atoms with Gasteiger partial charge in [-0.05, 0) is 12.8 Å². The molecule has 0 bridgehead atoms. The van der Waals surface area contributed by atoms with Crippen LogP contribution in [0.1, 0.15) is 32.1 Å². The van der Waals surface area contributed by atoms with Gasteiger partial charge in [-0.3, -0.25) is 10.1 Å². The molecule has 1 N–H and O–H groups in total. The third-order valence-corrected chi connectivity index (χ3v) is 3.75. The van der Waals surface area contributed by atoms with E-state index in [1.54, 1.807) is 0 Å². The van der Waals surface area contributed by atoms with Crippen molar-refractivity contribution >= 4 is 17.3 Å². The van der Waals surface area contributed by atoms with E-state index in [1.807, 2.05) is 12.1 Å². The summed E-state index contributed by atoms with van der Waals surface area (Å²) in [6, 6.07) is 3.92. The highest BCUT2D eigenvalue weighted by atomic mass is 16.6. The van der Waals surface area contributed by atoms with Gasteiger partial charge in [-0.15, -0.1) is 0 Å². The number of rotatable bonds is 6. The number of nitrogens with zero attached hydrogens (tertiary/aromatic N) is 6. The fraction of sp³-hybridized carbons (Fsp3) is 0.571. The highest BCUT2D eigenvalue weighted by Gasteiger charge is 2.28. The van der Waals surface area contributed by atoms with Crippen LogP contribution in [0.4, 0.5) is 17.3 Å². The molecule has 9 nitrogen and oxygen atoms in total. The molecule has 1 fully saturated rings. The Kier molecular flexibility index (Phi) is 5.64. The zero-order valence-corrected chi connectivity index (χ0v) is 12.6. The maximum Gasteiger partial charge on any atom is 0.353 e. The molecular weight excluding hydrogens is 298 g/mol. The van der Waals surface area contributed by atoms with E-state index in [4.69, 9.17) is 10.5 Å². The topological polar surface area (TPSA) is 132 Å². The van der Waals surface area contributed by atoms with Crippen molar-refractivity contribution in [2.45, 2.75) is 38.1 Å². The molecule has 23 heavy (non-hydrogen) atoms. The van der Waals surface area contributed by atoms with Gasteiger partial charge in [-0.2, -0.15) is 10.5 Å². The molecule has 0 saturated heterocycles. The predicted molar refractivity (Wildman–Crippen MR) is 82.6 cm³/mol. The van der Waals surface area contributed by atoms with Crippen molar-refractivity contribution in [3.63, 3.8) is 0 Å². The van der Waals surface area contributed by atoms with Crippen LogP contribution >= 0.6 is 0 Å². The fourth-order valence-electron chi connectivity index (χ4n) is 2.69. The molecule has 0 aliphatic heterocycles. The zero-order valence-electron chi connectivity index (χ0n) is 12.6. The van der Waals surface area contributed by atoms with Crippen LogP contribution in [0, 0.1) is 32.8 Å². The summed E-state index contributed by atoms with van der Waals surface area (Å²) in [5, 5.41) is 32.3. The monoisotopic (exact) mass is 315 g/mol. The first-order valence-electron chi connectivity index (χ1n) is 7.42. The van der Waals surface area contributed by atoms with Gasteiger partial charge in [-0.1, -0.05) is 19.3 Å². The molecule has 1 aromatic heterocycles. The van der Waals surface area contributed by atoms with E-state index < -0.39 is 4.92 Å². The Morgan fingerprint density at radius 2 is 1.91 bits per heavy atom. The Labute approximate surface area is 133 Å². The van der Waals surface area contributed by atoms with Gasteiger partial charge in [0.15, 0.2) is 0 Å². The highest BCUT2D eigenvalue weighted by Crippen LogP contribution is 2.33. The Hall–Kier alpha value is -2.94. The smallest absolute Gasteiger partial charge is 0.353 e. The quantitative estimate of drug-likeness (QED) is 0.478. The second kappa shape index (κ2) is 7.90. The van der Waals surface area contributed by atoms with E-state index in [2.05, 4.69) is 15.3 Å². The van der Waals surface area contributed by atoms with E-state index >= 15 is 0 Å². The highest BCUT2D eigenvalue weighted by molar-refractivity contribution is 5.71. The van der Waals surface area contributed by atoms with Crippen LogP contribution in [-0.2, 0) is 0 Å². The van der Waals surface area contributed by atoms with Gasteiger partial charge in [-0.25, -0.2) is 9.97 Å². The molecule has 0 spiro atoms. The Morgan fingerprint density at radius 1 is 1.26 bits per heavy atom. The lowest BCUT2D eigenvalue weighted by Gasteiger charge is -2.24. The summed E-state index contributed by atoms with van der Waals surface area (Å²) in [7, 11) is 0. The third kappa shape index (κ3) is 4.04. The minimum atomic E-state index is -0.567. The van der Waals surface area contributed by atoms with Gasteiger partial charge in [0.05, 0.1) is 17.1 Å². The second-order valence-electron chi connectivity index (χ2n) is 5.30. The average Bonchev–Trinajstić information content (AvgIpc) is 2.55. The van der Waals surface area contributed by atoms with Gasteiger partial charge in [0, 0.05) is 6.04 Å². The second-order valence-corrected chi connectivity index (χ2v) is 5.30. The molecule has 1 saturated carbocycles. The number of aromatic nitrogens is 2. The maximum absolute atomic E-state index is 11.5. The molecular formula is C14H17N7O2. The number of nitriles is 2. The molecule has 0 amide bonds. The number of nitro groups is 1. The van der Waals surface area contributed by atoms with Crippen LogP contribution in [0.25, 0.3) is 0 Å². The summed E-state index contributed by atoms with van der Waals surface area (Å²) in [5.41, 5.74) is -0.288. The van der Waals surface area contributed by atoms with Crippen LogP contribution in [0.5, 0.6) is 0 Å². The molecule has 0 unspecified atom stereocenters. The van der Waals surface area contributed by atoms with E-state index in [0.29, 0.717) is 0 Å². The number of nitrogens with one attached hydrogen (secondary N) is 1. The summed E-state index contributed by atoms with van der Waals surface area (Å²) in [6.07, 6.45) is 6.44. The lowest BCUT2D eigenvalue weighted by atomic mass is 9.95. The van der Waals surface area contributed by atoms with Crippen LogP contribution < -0.4 is 10.2 Å². The first kappa shape index (κ1) is 16.4. The van der Waals surface area contributed by atoms with Crippen molar-refractivity contribution in [1.29, 1.82) is 10.5 Å². The maximum atomic E-state index is 11.5. The minimum absolute atomic E-state index is 0.00795. The summed E-state index contributed by atoms with van der Waals surface area (Å²) in [4.78, 5) is 20.1. The Balaban J connectivity index is 2.35. The van der Waals surface area contributed by atoms with Crippen LogP contribution in [0.15, 0.2) is 6.33 Å². The van der Waals surface area contributed by atoms with Crippen molar-refractivity contribution < 1.29 is 4.92 Å². The first-order valence-corrected chi connectivity index (χ1v) is 7.42. The van der Waals surface area contributed by atoms with Crippen molar-refractivity contribution in [3.05, 3.63) is 16.4 Å². The van der Waals surface area contributed by atoms with Gasteiger partial charge in [0.25, 0.3) is 0 Å². The molecule has 1 aliphatic carbocycles. The third-order valence-electron chi connectivity index (χ3n) is 3.75. The van der Waals surface area contributed by atoms with Crippen molar-refractivity contribution in [3.8, 4) is 12.1 Å². The van der Waals surface area contributed by atoms with Gasteiger partial charge >= 0.3 is 5.69 Å². The molecule has 0 atom stereocenters. The average molecular weight is 315 g/mol. The van der Waals surface area contributed by atoms with Gasteiger partial charge in [0.1, 0.15) is 19.4 Å². The van der Waals surface area contributed by atoms with Gasteiger partial charge in [0.2, 0.25) is 11.6 Å². The number of hydrogen-bond acceptors (Lipinski definition) is 8. The standard InChI is InChI=1S/C14H17N7O2/c15-6-8-20(9-7-16)14-12(21(22)23)13(17-10-18-14)19-11-4-2-1-3-5-11/h10-11H,1-5,8-9H2,(H,17,18,19). The van der Waals surface area contributed by atoms with Crippen molar-refractivity contribution in [1.82, 2.24) is 9.97 Å². The predicted octanol–water partition coefficient (Wildman–Crippen LogP) is 1.98. The van der Waals surface area contributed by atoms with Crippen LogP contribution in [0.2, 0.25) is 0 Å². The molecule has 9 heteroatoms. The molecule has 0 radical (unpaired) electrons. The lowest BCUT2D eigenvalue weighted by molar-refractivity contribution is -0.383. The zero-order chi connectivity index (χ0) is 16.7. The molecule has 1 aliphatic rings. The fourth-order valence-corrected chi connectivity index (χ4v) is 2.69. The first-order chi connectivity index (χ1) is 11.2.